The molecule has 1 rings (SSSR count). The van der Waals surface area contributed by atoms with Gasteiger partial charge < -0.3 is 72.3 Å². The molecule has 1 unspecified atom stereocenters. The first kappa shape index (κ1) is 47.1. The van der Waals surface area contributed by atoms with Crippen molar-refractivity contribution in [1.29, 1.82) is 0 Å². The number of phosphoric acid groups is 6. The van der Waals surface area contributed by atoms with E-state index in [1.54, 1.807) is 0 Å². The van der Waals surface area contributed by atoms with Crippen LogP contribution in [-0.2, 0) is 54.5 Å². The molecule has 1 saturated carbocycles. The average molecular weight is 726 g/mol. The Bertz CT molecular complexity index is 833. The third-order valence-electron chi connectivity index (χ3n) is 3.48. The molecule has 7 atom stereocenters. The van der Waals surface area contributed by atoms with Crippen LogP contribution < -0.4 is 103 Å². The van der Waals surface area contributed by atoms with Gasteiger partial charge in [0.1, 0.15) is 36.6 Å². The van der Waals surface area contributed by atoms with E-state index in [-0.39, 0.29) is 88.7 Å². The van der Waals surface area contributed by atoms with Crippen molar-refractivity contribution >= 4 is 46.9 Å². The first-order valence-corrected chi connectivity index (χ1v) is 17.0. The predicted molar refractivity (Wildman–Crippen MR) is 94.8 cm³/mol. The normalized spacial score (nSPS) is 28.3. The van der Waals surface area contributed by atoms with E-state index >= 15 is 0 Å². The SMILES string of the molecule is O=P([O-])([O-])O[C@H]1[C@@H](OP(=O)([O-])O)[C@@H](OP(=O)(O)O)[C@H](OP(=O)(O)O)[C@@H](OP(=O)(O)O)[C@@H]1OP(=O)(O)O.[Na+].[Na+].[Na+]. The van der Waals surface area contributed by atoms with Crippen molar-refractivity contribution in [3.05, 3.63) is 0 Å². The molecule has 0 aromatic carbocycles. The second-order valence-electron chi connectivity index (χ2n) is 6.30. The number of hydrogen-bond donors (Lipinski definition) is 9. The molecule has 39 heavy (non-hydrogen) atoms. The van der Waals surface area contributed by atoms with Gasteiger partial charge in [0.25, 0.3) is 7.82 Å². The minimum atomic E-state index is -6.54. The fourth-order valence-corrected chi connectivity index (χ4v) is 6.09. The van der Waals surface area contributed by atoms with E-state index < -0.39 is 83.6 Å². The van der Waals surface area contributed by atoms with E-state index in [1.807, 2.05) is 0 Å². The summed E-state index contributed by atoms with van der Waals surface area (Å²) in [5.41, 5.74) is 0. The molecule has 24 nitrogen and oxygen atoms in total. The zero-order valence-corrected chi connectivity index (χ0v) is 30.7. The van der Waals surface area contributed by atoms with Crippen LogP contribution in [0.5, 0.6) is 0 Å². The van der Waals surface area contributed by atoms with Gasteiger partial charge in [-0.25, -0.2) is 18.3 Å². The van der Waals surface area contributed by atoms with E-state index in [9.17, 15) is 42.1 Å². The monoisotopic (exact) mass is 726 g/mol. The molecule has 33 heteroatoms. The largest absolute Gasteiger partial charge is 1.00 e. The molecule has 0 aromatic heterocycles. The van der Waals surface area contributed by atoms with Crippen molar-refractivity contribution < 1.29 is 202 Å². The maximum atomic E-state index is 11.4. The van der Waals surface area contributed by atoms with E-state index in [1.165, 1.54) is 0 Å². The van der Waals surface area contributed by atoms with Crippen LogP contribution in [0, 0.1) is 0 Å². The van der Waals surface area contributed by atoms with Crippen LogP contribution in [0.4, 0.5) is 0 Å². The number of phosphoric ester groups is 6. The molecule has 0 aliphatic heterocycles. The molecule has 216 valence electrons. The molecule has 9 N–H and O–H groups in total. The summed E-state index contributed by atoms with van der Waals surface area (Å²) in [6.07, 6.45) is -19.5. The Balaban J connectivity index is -0.00000432. The Kier molecular flexibility index (Phi) is 20.5. The summed E-state index contributed by atoms with van der Waals surface area (Å²) in [6.45, 7) is 0. The zero-order valence-electron chi connectivity index (χ0n) is 19.3. The van der Waals surface area contributed by atoms with Crippen molar-refractivity contribution in [1.82, 2.24) is 0 Å². The van der Waals surface area contributed by atoms with E-state index in [4.69, 9.17) is 44.0 Å². The van der Waals surface area contributed by atoms with Crippen molar-refractivity contribution in [2.24, 2.45) is 0 Å². The molecule has 0 spiro atoms. The summed E-state index contributed by atoms with van der Waals surface area (Å²) in [5, 5.41) is 0. The molecular formula is C6H15Na3O24P6. The van der Waals surface area contributed by atoms with Crippen molar-refractivity contribution in [2.45, 2.75) is 36.6 Å². The maximum absolute atomic E-state index is 11.4. The van der Waals surface area contributed by atoms with E-state index in [0.717, 1.165) is 0 Å². The molecule has 0 heterocycles. The third kappa shape index (κ3) is 19.7. The number of rotatable bonds is 12. The molecule has 0 radical (unpaired) electrons. The molecule has 1 aliphatic rings. The van der Waals surface area contributed by atoms with Gasteiger partial charge in [-0.2, -0.15) is 0 Å². The van der Waals surface area contributed by atoms with Gasteiger partial charge in [0.15, 0.2) is 0 Å². The molecule has 0 amide bonds. The summed E-state index contributed by atoms with van der Waals surface area (Å²) in [6, 6.07) is 0. The van der Waals surface area contributed by atoms with Crippen molar-refractivity contribution in [3.63, 3.8) is 0 Å². The molecule has 1 fully saturated rings. The Labute approximate surface area is 282 Å². The van der Waals surface area contributed by atoms with Crippen LogP contribution in [0.3, 0.4) is 0 Å². The summed E-state index contributed by atoms with van der Waals surface area (Å²) < 4.78 is 91.9. The van der Waals surface area contributed by atoms with Gasteiger partial charge >= 0.3 is 120 Å². The average Bonchev–Trinajstić information content (AvgIpc) is 2.51. The second kappa shape index (κ2) is 17.0. The van der Waals surface area contributed by atoms with Gasteiger partial charge in [0, 0.05) is 0 Å². The van der Waals surface area contributed by atoms with Gasteiger partial charge in [0.2, 0.25) is 0 Å². The quantitative estimate of drug-likeness (QED) is 0.0666. The fourth-order valence-electron chi connectivity index (χ4n) is 2.78. The van der Waals surface area contributed by atoms with Crippen molar-refractivity contribution in [3.8, 4) is 0 Å². The summed E-state index contributed by atoms with van der Waals surface area (Å²) in [7, 11) is -37.1. The fraction of sp³-hybridized carbons (Fsp3) is 1.00. The van der Waals surface area contributed by atoms with Gasteiger partial charge in [-0.3, -0.25) is 22.7 Å². The molecule has 0 aromatic rings. The molecule has 0 bridgehead atoms. The predicted octanol–water partition coefficient (Wildman–Crippen LogP) is -14.0. The minimum absolute atomic E-state index is 0. The standard InChI is InChI=1S/C6H18O24P6.3Na/c7-31(8,9)25-1-2(26-32(10,11)12)4(28-34(16,17)18)6(30-36(22,23)24)5(29-35(19,20)21)3(1)27-33(13,14)15;;;/h1-6H,(H2,7,8,9)(H2,10,11,12)(H2,13,14,15)(H2,16,17,18)(H2,19,20,21)(H2,22,23,24);;;/q;3*+1/p-3/t1-,2-,3-,4+,5-,6-;;;. The third-order valence-corrected chi connectivity index (χ3v) is 6.57. The van der Waals surface area contributed by atoms with Gasteiger partial charge in [-0.05, 0) is 0 Å². The van der Waals surface area contributed by atoms with Crippen molar-refractivity contribution in [2.75, 3.05) is 0 Å². The van der Waals surface area contributed by atoms with Crippen LogP contribution >= 0.6 is 46.9 Å². The first-order chi connectivity index (χ1) is 15.6. The second-order valence-corrected chi connectivity index (χ2v) is 13.3. The molecule has 0 saturated heterocycles. The zero-order chi connectivity index (χ0) is 28.7. The topological polar surface area (TPSA) is 409 Å². The van der Waals surface area contributed by atoms with E-state index in [2.05, 4.69) is 27.1 Å². The maximum Gasteiger partial charge on any atom is 1.00 e. The van der Waals surface area contributed by atoms with Gasteiger partial charge in [-0.15, -0.1) is 0 Å². The van der Waals surface area contributed by atoms with Crippen LogP contribution in [-0.4, -0.2) is 80.7 Å². The summed E-state index contributed by atoms with van der Waals surface area (Å²) in [5.74, 6) is 0. The Hall–Kier alpha value is 3.66. The molecule has 1 aliphatic carbocycles. The number of hydrogen-bond acceptors (Lipinski definition) is 15. The Morgan fingerprint density at radius 1 is 0.385 bits per heavy atom. The first-order valence-electron chi connectivity index (χ1n) is 7.95. The van der Waals surface area contributed by atoms with Crippen LogP contribution in [0.2, 0.25) is 0 Å². The Morgan fingerprint density at radius 2 is 0.564 bits per heavy atom. The van der Waals surface area contributed by atoms with Crippen LogP contribution in [0.25, 0.3) is 0 Å². The van der Waals surface area contributed by atoms with Gasteiger partial charge in [-0.1, -0.05) is 0 Å². The summed E-state index contributed by atoms with van der Waals surface area (Å²) >= 11 is 0. The summed E-state index contributed by atoms with van der Waals surface area (Å²) in [4.78, 5) is 116. The Morgan fingerprint density at radius 3 is 0.718 bits per heavy atom. The molecular weight excluding hydrogens is 711 g/mol. The van der Waals surface area contributed by atoms with Gasteiger partial charge in [0.05, 0.1) is 7.82 Å². The van der Waals surface area contributed by atoms with Crippen LogP contribution in [0.1, 0.15) is 0 Å². The van der Waals surface area contributed by atoms with E-state index in [0.29, 0.717) is 0 Å². The minimum Gasteiger partial charge on any atom is -0.790 e. The smallest absolute Gasteiger partial charge is 0.790 e. The van der Waals surface area contributed by atoms with Crippen LogP contribution in [0.15, 0.2) is 0 Å².